The van der Waals surface area contributed by atoms with Gasteiger partial charge < -0.3 is 10.2 Å². The number of benzene rings is 2. The summed E-state index contributed by atoms with van der Waals surface area (Å²) in [5.41, 5.74) is 2.02. The molecule has 0 aliphatic heterocycles. The highest BCUT2D eigenvalue weighted by atomic mass is 35.5. The molecular weight excluding hydrogens is 416 g/mol. The van der Waals surface area contributed by atoms with Crippen molar-refractivity contribution in [2.24, 2.45) is 0 Å². The molecule has 0 saturated carbocycles. The molecule has 2 atom stereocenters. The van der Waals surface area contributed by atoms with E-state index in [1.165, 1.54) is 11.8 Å². The fraction of sp³-hybridized carbons (Fsp3) is 0.417. The molecule has 0 fully saturated rings. The molecule has 30 heavy (non-hydrogen) atoms. The molecule has 0 aromatic heterocycles. The standard InChI is InChI=1S/C24H31ClN2O2S/c1-4-18(3)26-24(29)22(5-2)27(15-19-11-7-6-8-12-19)23(28)17-30-16-20-13-9-10-14-21(20)25/h6-14,18,22H,4-5,15-17H2,1-3H3,(H,26,29)/t18-,22+/m0/s1. The zero-order valence-corrected chi connectivity index (χ0v) is 19.5. The third-order valence-electron chi connectivity index (χ3n) is 5.02. The van der Waals surface area contributed by atoms with Crippen molar-refractivity contribution >= 4 is 35.2 Å². The molecular formula is C24H31ClN2O2S. The van der Waals surface area contributed by atoms with E-state index in [4.69, 9.17) is 11.6 Å². The van der Waals surface area contributed by atoms with Gasteiger partial charge in [-0.1, -0.05) is 74.0 Å². The van der Waals surface area contributed by atoms with Crippen molar-refractivity contribution in [1.82, 2.24) is 10.2 Å². The summed E-state index contributed by atoms with van der Waals surface area (Å²) in [4.78, 5) is 27.8. The average molecular weight is 447 g/mol. The Morgan fingerprint density at radius 2 is 1.70 bits per heavy atom. The molecule has 0 bridgehead atoms. The third kappa shape index (κ3) is 7.37. The molecule has 2 amide bonds. The van der Waals surface area contributed by atoms with Crippen molar-refractivity contribution < 1.29 is 9.59 Å². The van der Waals surface area contributed by atoms with Gasteiger partial charge in [0, 0.05) is 23.4 Å². The number of carbonyl (C=O) groups is 2. The summed E-state index contributed by atoms with van der Waals surface area (Å²) in [6.45, 7) is 6.37. The van der Waals surface area contributed by atoms with Crippen LogP contribution in [-0.2, 0) is 21.9 Å². The average Bonchev–Trinajstić information content (AvgIpc) is 2.75. The first kappa shape index (κ1) is 24.3. The van der Waals surface area contributed by atoms with Crippen LogP contribution in [0.3, 0.4) is 0 Å². The van der Waals surface area contributed by atoms with Gasteiger partial charge in [-0.3, -0.25) is 9.59 Å². The smallest absolute Gasteiger partial charge is 0.243 e. The van der Waals surface area contributed by atoms with Crippen LogP contribution in [0.1, 0.15) is 44.7 Å². The normalized spacial score (nSPS) is 12.8. The van der Waals surface area contributed by atoms with Gasteiger partial charge in [0.1, 0.15) is 6.04 Å². The number of hydrogen-bond acceptors (Lipinski definition) is 3. The minimum Gasteiger partial charge on any atom is -0.352 e. The molecule has 2 rings (SSSR count). The predicted molar refractivity (Wildman–Crippen MR) is 127 cm³/mol. The molecule has 2 aromatic rings. The van der Waals surface area contributed by atoms with Crippen LogP contribution in [0.15, 0.2) is 54.6 Å². The monoisotopic (exact) mass is 446 g/mol. The van der Waals surface area contributed by atoms with Gasteiger partial charge in [0.05, 0.1) is 5.75 Å². The van der Waals surface area contributed by atoms with Gasteiger partial charge in [-0.25, -0.2) is 0 Å². The van der Waals surface area contributed by atoms with Crippen LogP contribution < -0.4 is 5.32 Å². The number of nitrogens with zero attached hydrogens (tertiary/aromatic N) is 1. The Morgan fingerprint density at radius 3 is 2.33 bits per heavy atom. The first-order chi connectivity index (χ1) is 14.5. The number of thioether (sulfide) groups is 1. The Hall–Kier alpha value is -1.98. The highest BCUT2D eigenvalue weighted by Crippen LogP contribution is 2.22. The lowest BCUT2D eigenvalue weighted by atomic mass is 10.1. The zero-order valence-electron chi connectivity index (χ0n) is 17.9. The maximum atomic E-state index is 13.2. The van der Waals surface area contributed by atoms with Gasteiger partial charge in [-0.05, 0) is 37.0 Å². The second-order valence-corrected chi connectivity index (χ2v) is 8.73. The van der Waals surface area contributed by atoms with E-state index in [9.17, 15) is 9.59 Å². The number of carbonyl (C=O) groups excluding carboxylic acids is 2. The van der Waals surface area contributed by atoms with Gasteiger partial charge >= 0.3 is 0 Å². The SMILES string of the molecule is CC[C@H](C(=O)N[C@@H](C)CC)N(Cc1ccccc1)C(=O)CSCc1ccccc1Cl. The number of hydrogen-bond donors (Lipinski definition) is 1. The van der Waals surface area contributed by atoms with E-state index >= 15 is 0 Å². The van der Waals surface area contributed by atoms with Crippen LogP contribution in [0.4, 0.5) is 0 Å². The van der Waals surface area contributed by atoms with Crippen LogP contribution in [-0.4, -0.2) is 34.6 Å². The van der Waals surface area contributed by atoms with Crippen molar-refractivity contribution in [2.75, 3.05) is 5.75 Å². The second-order valence-electron chi connectivity index (χ2n) is 7.33. The number of rotatable bonds is 11. The van der Waals surface area contributed by atoms with E-state index < -0.39 is 6.04 Å². The molecule has 0 radical (unpaired) electrons. The zero-order chi connectivity index (χ0) is 21.9. The van der Waals surface area contributed by atoms with Gasteiger partial charge in [-0.15, -0.1) is 11.8 Å². The predicted octanol–water partition coefficient (Wildman–Crippen LogP) is 5.30. The van der Waals surface area contributed by atoms with Crippen molar-refractivity contribution in [3.8, 4) is 0 Å². The van der Waals surface area contributed by atoms with Gasteiger partial charge in [-0.2, -0.15) is 0 Å². The number of amides is 2. The molecule has 0 heterocycles. The van der Waals surface area contributed by atoms with Crippen molar-refractivity contribution in [3.63, 3.8) is 0 Å². The summed E-state index contributed by atoms with van der Waals surface area (Å²) >= 11 is 7.74. The number of halogens is 1. The maximum Gasteiger partial charge on any atom is 0.243 e. The molecule has 162 valence electrons. The Kier molecular flexibility index (Phi) is 10.2. The highest BCUT2D eigenvalue weighted by Gasteiger charge is 2.29. The Balaban J connectivity index is 2.11. The third-order valence-corrected chi connectivity index (χ3v) is 6.36. The lowest BCUT2D eigenvalue weighted by molar-refractivity contribution is -0.139. The van der Waals surface area contributed by atoms with E-state index in [-0.39, 0.29) is 17.9 Å². The molecule has 6 heteroatoms. The fourth-order valence-electron chi connectivity index (χ4n) is 3.09. The summed E-state index contributed by atoms with van der Waals surface area (Å²) in [5.74, 6) is 0.820. The van der Waals surface area contributed by atoms with Crippen LogP contribution in [0.25, 0.3) is 0 Å². The van der Waals surface area contributed by atoms with E-state index in [0.717, 1.165) is 17.5 Å². The van der Waals surface area contributed by atoms with Gasteiger partial charge in [0.25, 0.3) is 0 Å². The quantitative estimate of drug-likeness (QED) is 0.509. The Morgan fingerprint density at radius 1 is 1.03 bits per heavy atom. The Bertz CT molecular complexity index is 816. The fourth-order valence-corrected chi connectivity index (χ4v) is 4.28. The van der Waals surface area contributed by atoms with Crippen molar-refractivity contribution in [2.45, 2.75) is 58.0 Å². The number of nitrogens with one attached hydrogen (secondary N) is 1. The molecule has 0 aliphatic rings. The molecule has 0 unspecified atom stereocenters. The Labute approximate surface area is 189 Å². The lowest BCUT2D eigenvalue weighted by Crippen LogP contribution is -2.51. The second kappa shape index (κ2) is 12.7. The van der Waals surface area contributed by atoms with E-state index in [1.807, 2.05) is 75.4 Å². The van der Waals surface area contributed by atoms with E-state index in [0.29, 0.717) is 29.5 Å². The van der Waals surface area contributed by atoms with Crippen LogP contribution in [0.5, 0.6) is 0 Å². The lowest BCUT2D eigenvalue weighted by Gasteiger charge is -2.31. The minimum atomic E-state index is -0.493. The molecule has 0 spiro atoms. The first-order valence-electron chi connectivity index (χ1n) is 10.4. The van der Waals surface area contributed by atoms with E-state index in [1.54, 1.807) is 4.90 Å². The maximum absolute atomic E-state index is 13.2. The summed E-state index contributed by atoms with van der Waals surface area (Å²) in [7, 11) is 0. The summed E-state index contributed by atoms with van der Waals surface area (Å²) in [5, 5.41) is 3.74. The molecule has 1 N–H and O–H groups in total. The largest absolute Gasteiger partial charge is 0.352 e. The topological polar surface area (TPSA) is 49.4 Å². The van der Waals surface area contributed by atoms with Crippen molar-refractivity contribution in [3.05, 3.63) is 70.7 Å². The van der Waals surface area contributed by atoms with Crippen LogP contribution in [0, 0.1) is 0 Å². The van der Waals surface area contributed by atoms with E-state index in [2.05, 4.69) is 5.32 Å². The minimum absolute atomic E-state index is 0.0398. The summed E-state index contributed by atoms with van der Waals surface area (Å²) in [6, 6.07) is 17.1. The van der Waals surface area contributed by atoms with Crippen molar-refractivity contribution in [1.29, 1.82) is 0 Å². The summed E-state index contributed by atoms with van der Waals surface area (Å²) < 4.78 is 0. The molecule has 2 aromatic carbocycles. The van der Waals surface area contributed by atoms with Gasteiger partial charge in [0.15, 0.2) is 0 Å². The molecule has 0 saturated heterocycles. The van der Waals surface area contributed by atoms with Crippen LogP contribution >= 0.6 is 23.4 Å². The first-order valence-corrected chi connectivity index (χ1v) is 11.9. The molecule has 0 aliphatic carbocycles. The highest BCUT2D eigenvalue weighted by molar-refractivity contribution is 7.99. The summed E-state index contributed by atoms with van der Waals surface area (Å²) in [6.07, 6.45) is 1.42. The molecule has 4 nitrogen and oxygen atoms in total. The van der Waals surface area contributed by atoms with Gasteiger partial charge in [0.2, 0.25) is 11.8 Å². The van der Waals surface area contributed by atoms with Crippen LogP contribution in [0.2, 0.25) is 5.02 Å².